The number of alkyl halides is 3. The Balaban J connectivity index is 1.78. The highest BCUT2D eigenvalue weighted by atomic mass is 28.4. The molecule has 7 heteroatoms. The summed E-state index contributed by atoms with van der Waals surface area (Å²) in [5.74, 6) is -0.0110. The zero-order valence-corrected chi connectivity index (χ0v) is 28.0. The third-order valence-corrected chi connectivity index (χ3v) is 14.8. The van der Waals surface area contributed by atoms with Crippen molar-refractivity contribution in [2.24, 2.45) is 5.41 Å². The highest BCUT2D eigenvalue weighted by molar-refractivity contribution is 6.74. The first-order valence-corrected chi connectivity index (χ1v) is 19.1. The molecule has 1 fully saturated rings. The van der Waals surface area contributed by atoms with E-state index in [2.05, 4.69) is 53.8 Å². The Morgan fingerprint density at radius 2 is 1.63 bits per heavy atom. The van der Waals surface area contributed by atoms with Crippen LogP contribution < -0.4 is 0 Å². The van der Waals surface area contributed by atoms with Crippen molar-refractivity contribution in [3.63, 3.8) is 0 Å². The molecule has 1 aromatic heterocycles. The lowest BCUT2D eigenvalue weighted by Gasteiger charge is -2.45. The Morgan fingerprint density at radius 1 is 0.977 bits per heavy atom. The fourth-order valence-corrected chi connectivity index (χ4v) is 8.30. The first-order chi connectivity index (χ1) is 20.0. The van der Waals surface area contributed by atoms with Crippen LogP contribution in [0, 0.1) is 5.41 Å². The number of hydrogen-bond donors (Lipinski definition) is 0. The van der Waals surface area contributed by atoms with Gasteiger partial charge in [-0.1, -0.05) is 65.7 Å². The predicted octanol–water partition coefficient (Wildman–Crippen LogP) is 11.0. The minimum absolute atomic E-state index is 0.0153. The van der Waals surface area contributed by atoms with E-state index in [0.29, 0.717) is 5.56 Å². The summed E-state index contributed by atoms with van der Waals surface area (Å²) in [6.07, 6.45) is 7.44. The summed E-state index contributed by atoms with van der Waals surface area (Å²) in [5, 5.41) is 0.0153. The first kappa shape index (κ1) is 32.1. The summed E-state index contributed by atoms with van der Waals surface area (Å²) in [4.78, 5) is 20.0. The number of benzene rings is 1. The maximum absolute atomic E-state index is 14.6. The second-order valence-electron chi connectivity index (χ2n) is 15.4. The largest absolute Gasteiger partial charge is 0.416 e. The van der Waals surface area contributed by atoms with Crippen LogP contribution in [0.4, 0.5) is 13.2 Å². The van der Waals surface area contributed by atoms with E-state index in [4.69, 9.17) is 9.41 Å². The molecule has 0 aliphatic heterocycles. The second-order valence-corrected chi connectivity index (χ2v) is 20.1. The third kappa shape index (κ3) is 6.58. The number of hydrogen-bond acceptors (Lipinski definition) is 3. The average Bonchev–Trinajstić information content (AvgIpc) is 3.45. The maximum Gasteiger partial charge on any atom is 0.416 e. The topological polar surface area (TPSA) is 39.2 Å². The molecular formula is C36H48F3NO2Si. The van der Waals surface area contributed by atoms with Crippen molar-refractivity contribution in [2.45, 2.75) is 135 Å². The van der Waals surface area contributed by atoms with Crippen LogP contribution in [0.1, 0.15) is 148 Å². The average molecular weight is 612 g/mol. The highest BCUT2D eigenvalue weighted by Crippen LogP contribution is 2.52. The summed E-state index contributed by atoms with van der Waals surface area (Å²) in [6.45, 7) is 15.9. The molecule has 1 aromatic carbocycles. The summed E-state index contributed by atoms with van der Waals surface area (Å²) in [7, 11) is -2.19. The van der Waals surface area contributed by atoms with Gasteiger partial charge in [0, 0.05) is 16.8 Å². The molecule has 1 saturated carbocycles. The van der Waals surface area contributed by atoms with Gasteiger partial charge in [0.25, 0.3) is 0 Å². The lowest BCUT2D eigenvalue weighted by molar-refractivity contribution is -0.137. The fourth-order valence-electron chi connectivity index (χ4n) is 7.03. The molecule has 0 spiro atoms. The van der Waals surface area contributed by atoms with Gasteiger partial charge in [-0.05, 0) is 104 Å². The molecule has 3 aliphatic rings. The van der Waals surface area contributed by atoms with Gasteiger partial charge in [-0.3, -0.25) is 9.78 Å². The van der Waals surface area contributed by atoms with Gasteiger partial charge in [-0.25, -0.2) is 0 Å². The molecule has 0 unspecified atom stereocenters. The Morgan fingerprint density at radius 3 is 2.19 bits per heavy atom. The van der Waals surface area contributed by atoms with Crippen molar-refractivity contribution in [1.82, 2.24) is 4.98 Å². The number of ketones is 1. The molecule has 0 N–H and O–H groups in total. The minimum atomic E-state index is -4.46. The van der Waals surface area contributed by atoms with Crippen LogP contribution in [0.25, 0.3) is 5.57 Å². The minimum Gasteiger partial charge on any atom is -0.410 e. The van der Waals surface area contributed by atoms with Crippen molar-refractivity contribution in [3.05, 3.63) is 69.5 Å². The van der Waals surface area contributed by atoms with E-state index in [-0.39, 0.29) is 33.8 Å². The second kappa shape index (κ2) is 11.6. The van der Waals surface area contributed by atoms with E-state index < -0.39 is 20.1 Å². The summed E-state index contributed by atoms with van der Waals surface area (Å²) in [6, 6.07) is 4.74. The normalized spacial score (nSPS) is 21.4. The van der Waals surface area contributed by atoms with E-state index in [9.17, 15) is 18.0 Å². The molecule has 3 aliphatic carbocycles. The zero-order chi connectivity index (χ0) is 31.4. The van der Waals surface area contributed by atoms with Crippen LogP contribution in [0.5, 0.6) is 0 Å². The van der Waals surface area contributed by atoms with Gasteiger partial charge in [0.1, 0.15) is 0 Å². The van der Waals surface area contributed by atoms with Crippen molar-refractivity contribution in [1.29, 1.82) is 0 Å². The van der Waals surface area contributed by atoms with Crippen LogP contribution in [0.15, 0.2) is 30.3 Å². The Bertz CT molecular complexity index is 1390. The number of aromatic nitrogens is 1. The fraction of sp³-hybridized carbons (Fsp3) is 0.611. The number of carbonyl (C=O) groups is 1. The number of carbonyl (C=O) groups excluding carboxylic acids is 1. The number of halogens is 3. The zero-order valence-electron chi connectivity index (χ0n) is 27.0. The molecule has 3 nitrogen and oxygen atoms in total. The van der Waals surface area contributed by atoms with E-state index in [1.807, 2.05) is 0 Å². The van der Waals surface area contributed by atoms with Crippen LogP contribution in [0.2, 0.25) is 18.1 Å². The summed E-state index contributed by atoms with van der Waals surface area (Å²) < 4.78 is 47.5. The van der Waals surface area contributed by atoms with Gasteiger partial charge in [-0.15, -0.1) is 0 Å². The van der Waals surface area contributed by atoms with Crippen LogP contribution >= 0.6 is 0 Å². The van der Waals surface area contributed by atoms with Crippen LogP contribution in [0.3, 0.4) is 0 Å². The number of allylic oxidation sites excluding steroid dienone is 2. The van der Waals surface area contributed by atoms with E-state index in [1.165, 1.54) is 12.1 Å². The smallest absolute Gasteiger partial charge is 0.410 e. The molecule has 0 radical (unpaired) electrons. The highest BCUT2D eigenvalue weighted by Gasteiger charge is 2.46. The van der Waals surface area contributed by atoms with Crippen molar-refractivity contribution in [2.75, 3.05) is 0 Å². The molecule has 2 aromatic rings. The van der Waals surface area contributed by atoms with E-state index in [0.717, 1.165) is 104 Å². The molecule has 1 atom stereocenters. The van der Waals surface area contributed by atoms with Gasteiger partial charge in [0.2, 0.25) is 0 Å². The quantitative estimate of drug-likeness (QED) is 0.241. The predicted molar refractivity (Wildman–Crippen MR) is 170 cm³/mol. The first-order valence-electron chi connectivity index (χ1n) is 16.1. The van der Waals surface area contributed by atoms with E-state index in [1.54, 1.807) is 0 Å². The lowest BCUT2D eigenvalue weighted by Crippen LogP contribution is -2.44. The van der Waals surface area contributed by atoms with Gasteiger partial charge in [-0.2, -0.15) is 13.2 Å². The SMILES string of the molecule is CC1(C)Cc2nc(C3=CCCCC3)c(C(=O)c3ccc(C(F)(F)F)cc3)c(C3CCCC3)c2[C@@H](O[Si](C)(C)C(C)(C)C)C1. The monoisotopic (exact) mass is 611 g/mol. The van der Waals surface area contributed by atoms with E-state index >= 15 is 0 Å². The number of fused-ring (bicyclic) bond motifs is 1. The number of rotatable bonds is 6. The molecular weight excluding hydrogens is 563 g/mol. The van der Waals surface area contributed by atoms with Crippen molar-refractivity contribution in [3.8, 4) is 0 Å². The van der Waals surface area contributed by atoms with Gasteiger partial charge in [0.15, 0.2) is 14.1 Å². The Hall–Kier alpha value is -2.25. The van der Waals surface area contributed by atoms with Crippen LogP contribution in [-0.4, -0.2) is 19.1 Å². The standard InChI is InChI=1S/C36H48F3NO2Si/c1-34(2,3)43(6,7)42-28-22-35(4,5)21-27-30(28)29(23-13-11-12-14-23)31(32(40-27)24-15-9-8-10-16-24)33(41)25-17-19-26(20-18-25)36(37,38)39/h15,17-20,23,28H,8-14,16,21-22H2,1-7H3/t28-/m0/s1. The van der Waals surface area contributed by atoms with Gasteiger partial charge in [0.05, 0.1) is 22.9 Å². The maximum atomic E-state index is 14.6. The third-order valence-electron chi connectivity index (χ3n) is 10.4. The van der Waals surface area contributed by atoms with Gasteiger partial charge >= 0.3 is 6.18 Å². The molecule has 0 bridgehead atoms. The molecule has 0 saturated heterocycles. The van der Waals surface area contributed by atoms with Crippen molar-refractivity contribution < 1.29 is 22.4 Å². The molecule has 5 rings (SSSR count). The molecule has 1 heterocycles. The van der Waals surface area contributed by atoms with Crippen LogP contribution in [-0.2, 0) is 17.0 Å². The number of nitrogens with zero attached hydrogens (tertiary/aromatic N) is 1. The summed E-state index contributed by atoms with van der Waals surface area (Å²) >= 11 is 0. The lowest BCUT2D eigenvalue weighted by atomic mass is 9.70. The molecule has 43 heavy (non-hydrogen) atoms. The van der Waals surface area contributed by atoms with Gasteiger partial charge < -0.3 is 4.43 Å². The number of pyridine rings is 1. The Labute approximate surface area is 256 Å². The Kier molecular flexibility index (Phi) is 8.67. The molecule has 0 amide bonds. The van der Waals surface area contributed by atoms with Crippen molar-refractivity contribution >= 4 is 19.7 Å². The summed E-state index contributed by atoms with van der Waals surface area (Å²) in [5.41, 5.74) is 5.22. The molecule has 234 valence electrons.